The van der Waals surface area contributed by atoms with E-state index >= 15 is 0 Å². The normalized spacial score (nSPS) is 22.4. The van der Waals surface area contributed by atoms with Crippen LogP contribution in [-0.2, 0) is 21.1 Å². The van der Waals surface area contributed by atoms with Crippen LogP contribution in [0.15, 0.2) is 30.3 Å². The third kappa shape index (κ3) is 5.95. The van der Waals surface area contributed by atoms with Crippen molar-refractivity contribution in [3.63, 3.8) is 0 Å². The number of hydrogen-bond donors (Lipinski definition) is 2. The summed E-state index contributed by atoms with van der Waals surface area (Å²) in [6.07, 6.45) is 3.39. The number of sulfone groups is 1. The maximum absolute atomic E-state index is 12.3. The molecule has 1 aromatic carbocycles. The lowest BCUT2D eigenvalue weighted by molar-refractivity contribution is -0.131. The predicted octanol–water partition coefficient (Wildman–Crippen LogP) is 0.954. The van der Waals surface area contributed by atoms with E-state index < -0.39 is 15.9 Å². The number of nitrogens with one attached hydrogen (secondary N) is 2. The quantitative estimate of drug-likeness (QED) is 0.779. The summed E-state index contributed by atoms with van der Waals surface area (Å²) in [5.41, 5.74) is 1.33. The van der Waals surface area contributed by atoms with Crippen LogP contribution in [-0.4, -0.2) is 62.4 Å². The molecule has 2 heterocycles. The molecular weight excluding hydrogens is 366 g/mol. The number of nitrogens with zero attached hydrogens (tertiary/aromatic N) is 1. The van der Waals surface area contributed by atoms with Crippen LogP contribution in [0.1, 0.15) is 24.8 Å². The molecule has 0 bridgehead atoms. The van der Waals surface area contributed by atoms with Gasteiger partial charge in [-0.15, -0.1) is 0 Å². The average molecular weight is 394 g/mol. The molecule has 0 radical (unpaired) electrons. The Morgan fingerprint density at radius 3 is 2.41 bits per heavy atom. The molecule has 2 saturated heterocycles. The topological polar surface area (TPSA) is 95.6 Å². The van der Waals surface area contributed by atoms with E-state index in [2.05, 4.69) is 22.8 Å². The van der Waals surface area contributed by atoms with Crippen LogP contribution in [0.2, 0.25) is 0 Å². The fraction of sp³-hybridized carbons (Fsp3) is 0.579. The fourth-order valence-electron chi connectivity index (χ4n) is 3.75. The fourth-order valence-corrected chi connectivity index (χ4v) is 5.42. The first-order valence-electron chi connectivity index (χ1n) is 9.48. The molecule has 0 spiro atoms. The van der Waals surface area contributed by atoms with Crippen LogP contribution in [0.5, 0.6) is 0 Å². The molecule has 3 amide bonds. The number of carbonyl (C=O) groups is 2. The Labute approximate surface area is 160 Å². The first-order chi connectivity index (χ1) is 12.9. The van der Waals surface area contributed by atoms with Gasteiger partial charge in [-0.2, -0.15) is 0 Å². The summed E-state index contributed by atoms with van der Waals surface area (Å²) in [6.45, 7) is 1.36. The summed E-state index contributed by atoms with van der Waals surface area (Å²) >= 11 is 0. The Balaban J connectivity index is 1.35. The van der Waals surface area contributed by atoms with Gasteiger partial charge in [0.15, 0.2) is 9.84 Å². The van der Waals surface area contributed by atoms with E-state index in [1.807, 2.05) is 18.2 Å². The SMILES string of the molecule is O=C(NCC(=O)N1CCC(Cc2ccccc2)CC1)NC1CCS(=O)(=O)C1. The second-order valence-electron chi connectivity index (χ2n) is 7.44. The molecule has 7 nitrogen and oxygen atoms in total. The van der Waals surface area contributed by atoms with Crippen molar-refractivity contribution in [1.29, 1.82) is 0 Å². The maximum atomic E-state index is 12.3. The van der Waals surface area contributed by atoms with E-state index in [1.165, 1.54) is 5.56 Å². The summed E-state index contributed by atoms with van der Waals surface area (Å²) in [5.74, 6) is 0.567. The standard InChI is InChI=1S/C19H27N3O4S/c23-18(13-20-19(24)21-17-8-11-27(25,26)14-17)22-9-6-16(7-10-22)12-15-4-2-1-3-5-15/h1-5,16-17H,6-14H2,(H2,20,21,24). The molecule has 1 aromatic rings. The van der Waals surface area contributed by atoms with Gasteiger partial charge in [-0.05, 0) is 37.2 Å². The molecule has 2 aliphatic heterocycles. The van der Waals surface area contributed by atoms with Crippen molar-refractivity contribution in [2.75, 3.05) is 31.1 Å². The molecule has 0 aliphatic carbocycles. The minimum Gasteiger partial charge on any atom is -0.341 e. The van der Waals surface area contributed by atoms with E-state index in [-0.39, 0.29) is 30.0 Å². The molecule has 27 heavy (non-hydrogen) atoms. The van der Waals surface area contributed by atoms with Gasteiger partial charge in [0.05, 0.1) is 18.1 Å². The van der Waals surface area contributed by atoms with Crippen molar-refractivity contribution < 1.29 is 18.0 Å². The van der Waals surface area contributed by atoms with Gasteiger partial charge in [0.25, 0.3) is 0 Å². The molecule has 2 N–H and O–H groups in total. The van der Waals surface area contributed by atoms with Crippen LogP contribution in [0.25, 0.3) is 0 Å². The van der Waals surface area contributed by atoms with Crippen LogP contribution in [0.3, 0.4) is 0 Å². The molecule has 0 aromatic heterocycles. The highest BCUT2D eigenvalue weighted by Gasteiger charge is 2.29. The largest absolute Gasteiger partial charge is 0.341 e. The lowest BCUT2D eigenvalue weighted by atomic mass is 9.90. The molecule has 148 valence electrons. The van der Waals surface area contributed by atoms with Gasteiger partial charge in [-0.1, -0.05) is 30.3 Å². The summed E-state index contributed by atoms with van der Waals surface area (Å²) in [5, 5.41) is 5.18. The summed E-state index contributed by atoms with van der Waals surface area (Å²) in [4.78, 5) is 26.0. The van der Waals surface area contributed by atoms with Gasteiger partial charge in [0, 0.05) is 19.1 Å². The zero-order chi connectivity index (χ0) is 19.3. The Bertz CT molecular complexity index is 758. The number of piperidine rings is 1. The highest BCUT2D eigenvalue weighted by atomic mass is 32.2. The van der Waals surface area contributed by atoms with Crippen LogP contribution < -0.4 is 10.6 Å². The Morgan fingerprint density at radius 1 is 1.07 bits per heavy atom. The molecule has 0 saturated carbocycles. The van der Waals surface area contributed by atoms with Crippen LogP contribution in [0, 0.1) is 5.92 Å². The molecule has 1 unspecified atom stereocenters. The van der Waals surface area contributed by atoms with Crippen molar-refractivity contribution in [3.05, 3.63) is 35.9 Å². The number of likely N-dealkylation sites (tertiary alicyclic amines) is 1. The van der Waals surface area contributed by atoms with Crippen molar-refractivity contribution in [1.82, 2.24) is 15.5 Å². The van der Waals surface area contributed by atoms with Crippen LogP contribution >= 0.6 is 0 Å². The lowest BCUT2D eigenvalue weighted by Crippen LogP contribution is -2.48. The number of hydrogen-bond acceptors (Lipinski definition) is 4. The first kappa shape index (κ1) is 19.7. The Morgan fingerprint density at radius 2 is 1.78 bits per heavy atom. The molecule has 2 aliphatic rings. The molecule has 1 atom stereocenters. The minimum absolute atomic E-state index is 0.0245. The maximum Gasteiger partial charge on any atom is 0.315 e. The van der Waals surface area contributed by atoms with E-state index in [0.717, 1.165) is 19.3 Å². The molecule has 2 fully saturated rings. The van der Waals surface area contributed by atoms with Gasteiger partial charge in [-0.3, -0.25) is 4.79 Å². The number of urea groups is 1. The summed E-state index contributed by atoms with van der Waals surface area (Å²) < 4.78 is 22.8. The lowest BCUT2D eigenvalue weighted by Gasteiger charge is -2.32. The van der Waals surface area contributed by atoms with Crippen molar-refractivity contribution in [2.24, 2.45) is 5.92 Å². The number of carbonyl (C=O) groups excluding carboxylic acids is 2. The molecular formula is C19H27N3O4S. The van der Waals surface area contributed by atoms with Crippen molar-refractivity contribution in [2.45, 2.75) is 31.7 Å². The van der Waals surface area contributed by atoms with Gasteiger partial charge < -0.3 is 15.5 Å². The Kier molecular flexibility index (Phi) is 6.36. The first-order valence-corrected chi connectivity index (χ1v) is 11.3. The number of rotatable bonds is 5. The zero-order valence-corrected chi connectivity index (χ0v) is 16.2. The number of amides is 3. The number of benzene rings is 1. The summed E-state index contributed by atoms with van der Waals surface area (Å²) in [7, 11) is -3.04. The highest BCUT2D eigenvalue weighted by Crippen LogP contribution is 2.21. The van der Waals surface area contributed by atoms with Gasteiger partial charge in [0.1, 0.15) is 0 Å². The van der Waals surface area contributed by atoms with E-state index in [1.54, 1.807) is 4.90 Å². The second-order valence-corrected chi connectivity index (χ2v) is 9.67. The average Bonchev–Trinajstić information content (AvgIpc) is 2.99. The minimum atomic E-state index is -3.04. The second kappa shape index (κ2) is 8.73. The molecule has 3 rings (SSSR count). The smallest absolute Gasteiger partial charge is 0.315 e. The third-order valence-corrected chi connectivity index (χ3v) is 7.07. The van der Waals surface area contributed by atoms with E-state index in [9.17, 15) is 18.0 Å². The highest BCUT2D eigenvalue weighted by molar-refractivity contribution is 7.91. The monoisotopic (exact) mass is 393 g/mol. The van der Waals surface area contributed by atoms with Gasteiger partial charge in [-0.25, -0.2) is 13.2 Å². The van der Waals surface area contributed by atoms with Gasteiger partial charge >= 0.3 is 6.03 Å². The summed E-state index contributed by atoms with van der Waals surface area (Å²) in [6, 6.07) is 9.53. The van der Waals surface area contributed by atoms with Crippen molar-refractivity contribution >= 4 is 21.8 Å². The van der Waals surface area contributed by atoms with E-state index in [4.69, 9.17) is 0 Å². The van der Waals surface area contributed by atoms with Crippen molar-refractivity contribution in [3.8, 4) is 0 Å². The predicted molar refractivity (Wildman–Crippen MR) is 103 cm³/mol. The third-order valence-electron chi connectivity index (χ3n) is 5.30. The van der Waals surface area contributed by atoms with Gasteiger partial charge in [0.2, 0.25) is 5.91 Å². The van der Waals surface area contributed by atoms with Crippen LogP contribution in [0.4, 0.5) is 4.79 Å². The Hall–Kier alpha value is -2.09. The molecule has 8 heteroatoms. The zero-order valence-electron chi connectivity index (χ0n) is 15.4. The van der Waals surface area contributed by atoms with E-state index in [0.29, 0.717) is 25.4 Å².